The molecule has 4 nitrogen and oxygen atoms in total. The van der Waals surface area contributed by atoms with Crippen LogP contribution in [0.15, 0.2) is 66.7 Å². The molecule has 3 rings (SSSR count). The Bertz CT molecular complexity index is 1070. The third-order valence-electron chi connectivity index (χ3n) is 5.58. The molecule has 0 fully saturated rings. The van der Waals surface area contributed by atoms with Gasteiger partial charge in [-0.3, -0.25) is 9.59 Å². The summed E-state index contributed by atoms with van der Waals surface area (Å²) in [7, 11) is 0. The summed E-state index contributed by atoms with van der Waals surface area (Å²) in [5.74, 6) is 0.152. The molecule has 1 N–H and O–H groups in total. The van der Waals surface area contributed by atoms with Crippen LogP contribution in [-0.4, -0.2) is 29.3 Å². The van der Waals surface area contributed by atoms with E-state index < -0.39 is 6.04 Å². The van der Waals surface area contributed by atoms with E-state index >= 15 is 0 Å². The third-order valence-corrected chi connectivity index (χ3v) is 5.82. The first-order valence-electron chi connectivity index (χ1n) is 11.1. The van der Waals surface area contributed by atoms with E-state index in [0.717, 1.165) is 21.9 Å². The lowest BCUT2D eigenvalue weighted by Gasteiger charge is -2.29. The molecular formula is C27H31ClN2O2. The molecule has 0 unspecified atom stereocenters. The SMILES string of the molecule is CC(C)CNC(=O)[C@H](C)N(Cc1cccc(Cl)c1)C(=O)CCc1cccc2ccccc12. The summed E-state index contributed by atoms with van der Waals surface area (Å²) in [4.78, 5) is 27.8. The van der Waals surface area contributed by atoms with Gasteiger partial charge in [0.15, 0.2) is 0 Å². The van der Waals surface area contributed by atoms with Crippen molar-refractivity contribution < 1.29 is 9.59 Å². The molecule has 32 heavy (non-hydrogen) atoms. The van der Waals surface area contributed by atoms with Gasteiger partial charge >= 0.3 is 0 Å². The number of hydrogen-bond donors (Lipinski definition) is 1. The fourth-order valence-corrected chi connectivity index (χ4v) is 3.98. The van der Waals surface area contributed by atoms with Gasteiger partial charge in [0, 0.05) is 24.5 Å². The molecule has 0 saturated carbocycles. The van der Waals surface area contributed by atoms with Crippen molar-refractivity contribution in [3.8, 4) is 0 Å². The molecule has 0 heterocycles. The van der Waals surface area contributed by atoms with Gasteiger partial charge in [-0.25, -0.2) is 0 Å². The van der Waals surface area contributed by atoms with Gasteiger partial charge in [0.25, 0.3) is 0 Å². The number of nitrogens with one attached hydrogen (secondary N) is 1. The van der Waals surface area contributed by atoms with Crippen molar-refractivity contribution in [1.29, 1.82) is 0 Å². The normalized spacial score (nSPS) is 12.0. The summed E-state index contributed by atoms with van der Waals surface area (Å²) >= 11 is 6.15. The van der Waals surface area contributed by atoms with E-state index in [1.54, 1.807) is 17.9 Å². The number of amides is 2. The second-order valence-corrected chi connectivity index (χ2v) is 9.04. The predicted molar refractivity (Wildman–Crippen MR) is 132 cm³/mol. The first-order chi connectivity index (χ1) is 15.3. The Kier molecular flexibility index (Phi) is 8.29. The lowest BCUT2D eigenvalue weighted by Crippen LogP contribution is -2.48. The van der Waals surface area contributed by atoms with Crippen LogP contribution in [0.4, 0.5) is 0 Å². The van der Waals surface area contributed by atoms with Crippen LogP contribution in [0, 0.1) is 5.92 Å². The zero-order chi connectivity index (χ0) is 23.1. The van der Waals surface area contributed by atoms with Gasteiger partial charge in [-0.15, -0.1) is 0 Å². The van der Waals surface area contributed by atoms with Gasteiger partial charge in [-0.05, 0) is 53.3 Å². The van der Waals surface area contributed by atoms with Gasteiger partial charge in [-0.2, -0.15) is 0 Å². The molecule has 5 heteroatoms. The quantitative estimate of drug-likeness (QED) is 0.460. The minimum Gasteiger partial charge on any atom is -0.354 e. The van der Waals surface area contributed by atoms with E-state index in [9.17, 15) is 9.59 Å². The Labute approximate surface area is 195 Å². The molecule has 3 aromatic rings. The second-order valence-electron chi connectivity index (χ2n) is 8.60. The first-order valence-corrected chi connectivity index (χ1v) is 11.5. The maximum atomic E-state index is 13.3. The maximum Gasteiger partial charge on any atom is 0.242 e. The van der Waals surface area contributed by atoms with Crippen molar-refractivity contribution in [2.45, 2.75) is 46.2 Å². The Morgan fingerprint density at radius 2 is 1.69 bits per heavy atom. The Morgan fingerprint density at radius 3 is 2.44 bits per heavy atom. The number of fused-ring (bicyclic) bond motifs is 1. The van der Waals surface area contributed by atoms with Crippen molar-refractivity contribution in [3.05, 3.63) is 82.9 Å². The summed E-state index contributed by atoms with van der Waals surface area (Å²) in [6.45, 7) is 6.80. The third kappa shape index (κ3) is 6.33. The average Bonchev–Trinajstić information content (AvgIpc) is 2.79. The molecule has 3 aromatic carbocycles. The minimum absolute atomic E-state index is 0.0508. The fourth-order valence-electron chi connectivity index (χ4n) is 3.76. The molecule has 0 bridgehead atoms. The number of rotatable bonds is 9. The zero-order valence-corrected chi connectivity index (χ0v) is 19.7. The average molecular weight is 451 g/mol. The molecular weight excluding hydrogens is 420 g/mol. The number of halogens is 1. The monoisotopic (exact) mass is 450 g/mol. The summed E-state index contributed by atoms with van der Waals surface area (Å²) in [5, 5.41) is 5.89. The molecule has 1 atom stereocenters. The number of carbonyl (C=O) groups is 2. The van der Waals surface area contributed by atoms with E-state index in [0.29, 0.717) is 36.9 Å². The highest BCUT2D eigenvalue weighted by atomic mass is 35.5. The molecule has 2 amide bonds. The number of carbonyl (C=O) groups excluding carboxylic acids is 2. The van der Waals surface area contributed by atoms with Crippen LogP contribution in [0.2, 0.25) is 5.02 Å². The summed E-state index contributed by atoms with van der Waals surface area (Å²) in [6.07, 6.45) is 0.947. The Morgan fingerprint density at radius 1 is 0.969 bits per heavy atom. The van der Waals surface area contributed by atoms with Crippen LogP contribution in [-0.2, 0) is 22.6 Å². The van der Waals surface area contributed by atoms with Crippen molar-refractivity contribution in [2.75, 3.05) is 6.54 Å². The van der Waals surface area contributed by atoms with Crippen LogP contribution in [0.25, 0.3) is 10.8 Å². The zero-order valence-electron chi connectivity index (χ0n) is 19.0. The molecule has 168 valence electrons. The highest BCUT2D eigenvalue weighted by Crippen LogP contribution is 2.21. The van der Waals surface area contributed by atoms with Crippen LogP contribution >= 0.6 is 11.6 Å². The van der Waals surface area contributed by atoms with Crippen molar-refractivity contribution in [3.63, 3.8) is 0 Å². The molecule has 0 aromatic heterocycles. The smallest absolute Gasteiger partial charge is 0.242 e. The van der Waals surface area contributed by atoms with Crippen LogP contribution < -0.4 is 5.32 Å². The lowest BCUT2D eigenvalue weighted by atomic mass is 10.0. The number of aryl methyl sites for hydroxylation is 1. The van der Waals surface area contributed by atoms with E-state index in [-0.39, 0.29) is 11.8 Å². The van der Waals surface area contributed by atoms with Crippen molar-refractivity contribution in [2.24, 2.45) is 5.92 Å². The molecule has 0 radical (unpaired) electrons. The number of benzene rings is 3. The predicted octanol–water partition coefficient (Wildman–Crippen LogP) is 5.62. The highest BCUT2D eigenvalue weighted by molar-refractivity contribution is 6.30. The lowest BCUT2D eigenvalue weighted by molar-refractivity contribution is -0.140. The second kappa shape index (κ2) is 11.1. The maximum absolute atomic E-state index is 13.3. The van der Waals surface area contributed by atoms with Crippen LogP contribution in [0.5, 0.6) is 0 Å². The molecule has 0 spiro atoms. The standard InChI is InChI=1S/C27H31ClN2O2/c1-19(2)17-29-27(32)20(3)30(18-21-8-6-12-24(28)16-21)26(31)15-14-23-11-7-10-22-9-4-5-13-25(22)23/h4-13,16,19-20H,14-15,17-18H2,1-3H3,(H,29,32)/t20-/m0/s1. The van der Waals surface area contributed by atoms with Crippen molar-refractivity contribution >= 4 is 34.2 Å². The summed E-state index contributed by atoms with van der Waals surface area (Å²) in [6, 6.07) is 21.2. The first kappa shape index (κ1) is 23.8. The van der Waals surface area contributed by atoms with Gasteiger partial charge in [0.2, 0.25) is 11.8 Å². The van der Waals surface area contributed by atoms with E-state index in [1.807, 2.05) is 50.2 Å². The van der Waals surface area contributed by atoms with E-state index in [2.05, 4.69) is 29.6 Å². The molecule has 0 saturated heterocycles. The Hall–Kier alpha value is -2.85. The molecule has 0 aliphatic carbocycles. The van der Waals surface area contributed by atoms with Gasteiger partial charge in [0.1, 0.15) is 6.04 Å². The van der Waals surface area contributed by atoms with E-state index in [1.165, 1.54) is 0 Å². The number of hydrogen-bond acceptors (Lipinski definition) is 2. The topological polar surface area (TPSA) is 49.4 Å². The van der Waals surface area contributed by atoms with Crippen LogP contribution in [0.3, 0.4) is 0 Å². The molecule has 0 aliphatic rings. The van der Waals surface area contributed by atoms with Crippen LogP contribution in [0.1, 0.15) is 38.3 Å². The van der Waals surface area contributed by atoms with Gasteiger partial charge in [0.05, 0.1) is 0 Å². The van der Waals surface area contributed by atoms with Gasteiger partial charge < -0.3 is 10.2 Å². The van der Waals surface area contributed by atoms with Gasteiger partial charge in [-0.1, -0.05) is 80.0 Å². The Balaban J connectivity index is 1.77. The number of nitrogens with zero attached hydrogens (tertiary/aromatic N) is 1. The molecule has 0 aliphatic heterocycles. The highest BCUT2D eigenvalue weighted by Gasteiger charge is 2.26. The fraction of sp³-hybridized carbons (Fsp3) is 0.333. The minimum atomic E-state index is -0.576. The summed E-state index contributed by atoms with van der Waals surface area (Å²) < 4.78 is 0. The van der Waals surface area contributed by atoms with Crippen molar-refractivity contribution in [1.82, 2.24) is 10.2 Å². The largest absolute Gasteiger partial charge is 0.354 e. The summed E-state index contributed by atoms with van der Waals surface area (Å²) in [5.41, 5.74) is 2.04. The van der Waals surface area contributed by atoms with E-state index in [4.69, 9.17) is 11.6 Å².